The predicted molar refractivity (Wildman–Crippen MR) is 90.6 cm³/mol. The Morgan fingerprint density at radius 1 is 1.32 bits per heavy atom. The quantitative estimate of drug-likeness (QED) is 0.767. The van der Waals surface area contributed by atoms with Gasteiger partial charge in [0.2, 0.25) is 11.8 Å². The van der Waals surface area contributed by atoms with E-state index in [2.05, 4.69) is 5.32 Å². The molecular formula is C18H24N2O5. The Bertz CT molecular complexity index is 617. The van der Waals surface area contributed by atoms with Crippen molar-refractivity contribution in [2.24, 2.45) is 5.92 Å². The second-order valence-electron chi connectivity index (χ2n) is 6.57. The van der Waals surface area contributed by atoms with Crippen molar-refractivity contribution in [3.8, 4) is 0 Å². The predicted octanol–water partition coefficient (Wildman–Crippen LogP) is 1.03. The molecule has 0 unspecified atom stereocenters. The number of benzene rings is 1. The van der Waals surface area contributed by atoms with Crippen LogP contribution in [0.15, 0.2) is 30.3 Å². The van der Waals surface area contributed by atoms with Crippen LogP contribution in [0, 0.1) is 5.92 Å². The Kier molecular flexibility index (Phi) is 6.52. The smallest absolute Gasteiger partial charge is 0.326 e. The van der Waals surface area contributed by atoms with Crippen molar-refractivity contribution in [3.05, 3.63) is 35.9 Å². The molecule has 0 radical (unpaired) electrons. The number of carboxylic acid groups (broad SMARTS) is 1. The van der Waals surface area contributed by atoms with Crippen LogP contribution in [0.5, 0.6) is 0 Å². The minimum atomic E-state index is -1.08. The van der Waals surface area contributed by atoms with E-state index in [1.807, 2.05) is 44.2 Å². The first kappa shape index (κ1) is 18.9. The van der Waals surface area contributed by atoms with E-state index in [1.54, 1.807) is 0 Å². The highest BCUT2D eigenvalue weighted by molar-refractivity contribution is 5.91. The van der Waals surface area contributed by atoms with Gasteiger partial charge in [-0.05, 0) is 17.9 Å². The number of carbonyl (C=O) groups excluding carboxylic acids is 2. The molecule has 2 atom stereocenters. The van der Waals surface area contributed by atoms with Gasteiger partial charge >= 0.3 is 5.97 Å². The number of nitrogens with zero attached hydrogens (tertiary/aromatic N) is 1. The standard InChI is InChI=1S/C18H24N2O5/c1-12(2)8-14(18(23)24)19-17(22)15-10-25-11-16(21)20(15)9-13-6-4-3-5-7-13/h3-7,12,14-15H,8-11H2,1-2H3,(H,19,22)(H,23,24)/t14-,15-/m1/s1. The summed E-state index contributed by atoms with van der Waals surface area (Å²) in [7, 11) is 0. The number of hydrogen-bond donors (Lipinski definition) is 2. The SMILES string of the molecule is CC(C)C[C@@H](NC(=O)[C@H]1COCC(=O)N1Cc1ccccc1)C(=O)O. The third-order valence-electron chi connectivity index (χ3n) is 4.02. The Labute approximate surface area is 147 Å². The van der Waals surface area contributed by atoms with Crippen LogP contribution in [-0.4, -0.2) is 53.1 Å². The molecule has 0 spiro atoms. The van der Waals surface area contributed by atoms with Gasteiger partial charge in [0.25, 0.3) is 0 Å². The van der Waals surface area contributed by atoms with Crippen LogP contribution in [-0.2, 0) is 25.7 Å². The second-order valence-corrected chi connectivity index (χ2v) is 6.57. The summed E-state index contributed by atoms with van der Waals surface area (Å²) < 4.78 is 5.21. The molecule has 1 aromatic carbocycles. The number of morpholine rings is 1. The summed E-state index contributed by atoms with van der Waals surface area (Å²) in [6.45, 7) is 4.03. The molecule has 2 N–H and O–H groups in total. The molecule has 1 saturated heterocycles. The number of hydrogen-bond acceptors (Lipinski definition) is 4. The third kappa shape index (κ3) is 5.29. The topological polar surface area (TPSA) is 95.9 Å². The monoisotopic (exact) mass is 348 g/mol. The number of ether oxygens (including phenoxy) is 1. The van der Waals surface area contributed by atoms with Crippen LogP contribution in [0.2, 0.25) is 0 Å². The number of aliphatic carboxylic acids is 1. The van der Waals surface area contributed by atoms with E-state index in [0.717, 1.165) is 5.56 Å². The van der Waals surface area contributed by atoms with E-state index in [4.69, 9.17) is 4.74 Å². The maximum absolute atomic E-state index is 12.6. The zero-order valence-corrected chi connectivity index (χ0v) is 14.5. The number of rotatable bonds is 7. The van der Waals surface area contributed by atoms with Crippen LogP contribution < -0.4 is 5.32 Å². The summed E-state index contributed by atoms with van der Waals surface area (Å²) in [6.07, 6.45) is 0.321. The van der Waals surface area contributed by atoms with Gasteiger partial charge in [-0.25, -0.2) is 4.79 Å². The van der Waals surface area contributed by atoms with E-state index < -0.39 is 24.0 Å². The van der Waals surface area contributed by atoms with Crippen LogP contribution >= 0.6 is 0 Å². The number of nitrogens with one attached hydrogen (secondary N) is 1. The first-order valence-electron chi connectivity index (χ1n) is 8.32. The molecule has 0 aromatic heterocycles. The third-order valence-corrected chi connectivity index (χ3v) is 4.02. The van der Waals surface area contributed by atoms with Gasteiger partial charge in [-0.2, -0.15) is 0 Å². The first-order chi connectivity index (χ1) is 11.9. The second kappa shape index (κ2) is 8.62. The fourth-order valence-electron chi connectivity index (χ4n) is 2.76. The lowest BCUT2D eigenvalue weighted by Crippen LogP contribution is -2.58. The lowest BCUT2D eigenvalue weighted by molar-refractivity contribution is -0.156. The molecule has 1 aliphatic heterocycles. The molecule has 7 nitrogen and oxygen atoms in total. The molecular weight excluding hydrogens is 324 g/mol. The van der Waals surface area contributed by atoms with E-state index in [0.29, 0.717) is 6.42 Å². The highest BCUT2D eigenvalue weighted by atomic mass is 16.5. The average Bonchev–Trinajstić information content (AvgIpc) is 2.56. The van der Waals surface area contributed by atoms with Gasteiger partial charge < -0.3 is 20.1 Å². The zero-order valence-electron chi connectivity index (χ0n) is 14.5. The lowest BCUT2D eigenvalue weighted by Gasteiger charge is -2.35. The Morgan fingerprint density at radius 2 is 2.00 bits per heavy atom. The Hall–Kier alpha value is -2.41. The molecule has 136 valence electrons. The molecule has 0 saturated carbocycles. The van der Waals surface area contributed by atoms with Gasteiger partial charge in [-0.1, -0.05) is 44.2 Å². The van der Waals surface area contributed by atoms with Crippen LogP contribution in [0.3, 0.4) is 0 Å². The maximum Gasteiger partial charge on any atom is 0.326 e. The highest BCUT2D eigenvalue weighted by Gasteiger charge is 2.35. The van der Waals surface area contributed by atoms with Gasteiger partial charge in [-0.15, -0.1) is 0 Å². The Morgan fingerprint density at radius 3 is 2.60 bits per heavy atom. The minimum Gasteiger partial charge on any atom is -0.480 e. The average molecular weight is 348 g/mol. The van der Waals surface area contributed by atoms with Gasteiger partial charge in [0.15, 0.2) is 0 Å². The molecule has 7 heteroatoms. The number of carbonyl (C=O) groups is 3. The van der Waals surface area contributed by atoms with E-state index in [-0.39, 0.29) is 31.6 Å². The molecule has 0 bridgehead atoms. The zero-order chi connectivity index (χ0) is 18.4. The molecule has 1 heterocycles. The van der Waals surface area contributed by atoms with Gasteiger partial charge in [0.1, 0.15) is 18.7 Å². The van der Waals surface area contributed by atoms with Gasteiger partial charge in [-0.3, -0.25) is 9.59 Å². The largest absolute Gasteiger partial charge is 0.480 e. The van der Waals surface area contributed by atoms with E-state index in [9.17, 15) is 19.5 Å². The summed E-state index contributed by atoms with van der Waals surface area (Å²) in [5, 5.41) is 11.8. The lowest BCUT2D eigenvalue weighted by atomic mass is 10.0. The van der Waals surface area contributed by atoms with Gasteiger partial charge in [0.05, 0.1) is 6.61 Å². The fourth-order valence-corrected chi connectivity index (χ4v) is 2.76. The van der Waals surface area contributed by atoms with Crippen molar-refractivity contribution >= 4 is 17.8 Å². The summed E-state index contributed by atoms with van der Waals surface area (Å²) in [4.78, 5) is 37.6. The summed E-state index contributed by atoms with van der Waals surface area (Å²) >= 11 is 0. The maximum atomic E-state index is 12.6. The van der Waals surface area contributed by atoms with Gasteiger partial charge in [0, 0.05) is 6.54 Å². The molecule has 1 aliphatic rings. The van der Waals surface area contributed by atoms with Crippen molar-refractivity contribution < 1.29 is 24.2 Å². The van der Waals surface area contributed by atoms with E-state index >= 15 is 0 Å². The summed E-state index contributed by atoms with van der Waals surface area (Å²) in [6, 6.07) is 7.51. The van der Waals surface area contributed by atoms with Crippen LogP contribution in [0.4, 0.5) is 0 Å². The van der Waals surface area contributed by atoms with Crippen LogP contribution in [0.25, 0.3) is 0 Å². The van der Waals surface area contributed by atoms with Crippen molar-refractivity contribution in [2.75, 3.05) is 13.2 Å². The molecule has 25 heavy (non-hydrogen) atoms. The Balaban J connectivity index is 2.11. The number of carboxylic acids is 1. The first-order valence-corrected chi connectivity index (χ1v) is 8.32. The molecule has 2 rings (SSSR count). The van der Waals surface area contributed by atoms with Crippen molar-refractivity contribution in [1.82, 2.24) is 10.2 Å². The normalized spacial score (nSPS) is 18.9. The number of amides is 2. The molecule has 2 amide bonds. The molecule has 0 aliphatic carbocycles. The van der Waals surface area contributed by atoms with Crippen molar-refractivity contribution in [1.29, 1.82) is 0 Å². The molecule has 1 fully saturated rings. The summed E-state index contributed by atoms with van der Waals surface area (Å²) in [5.74, 6) is -1.76. The van der Waals surface area contributed by atoms with Crippen molar-refractivity contribution in [3.63, 3.8) is 0 Å². The van der Waals surface area contributed by atoms with Crippen LogP contribution in [0.1, 0.15) is 25.8 Å². The minimum absolute atomic E-state index is 0.0540. The fraction of sp³-hybridized carbons (Fsp3) is 0.500. The molecule has 1 aromatic rings. The summed E-state index contributed by atoms with van der Waals surface area (Å²) in [5.41, 5.74) is 0.896. The van der Waals surface area contributed by atoms with Crippen molar-refractivity contribution in [2.45, 2.75) is 38.9 Å². The highest BCUT2D eigenvalue weighted by Crippen LogP contribution is 2.15. The van der Waals surface area contributed by atoms with E-state index in [1.165, 1.54) is 4.90 Å².